The highest BCUT2D eigenvalue weighted by Gasteiger charge is 2.36. The third-order valence-corrected chi connectivity index (χ3v) is 7.15. The number of ether oxygens (including phenoxy) is 2. The first kappa shape index (κ1) is 25.0. The molecule has 1 saturated carbocycles. The molecule has 2 amide bonds. The van der Waals surface area contributed by atoms with Crippen LogP contribution in [0.1, 0.15) is 78.6 Å². The number of hydrogen-bond acceptors (Lipinski definition) is 5. The molecule has 1 aromatic carbocycles. The molecule has 0 N–H and O–H groups in total. The summed E-state index contributed by atoms with van der Waals surface area (Å²) < 4.78 is 11.9. The largest absolute Gasteiger partial charge is 0.497 e. The van der Waals surface area contributed by atoms with Gasteiger partial charge in [-0.05, 0) is 50.3 Å². The Labute approximate surface area is 208 Å². The molecule has 188 valence electrons. The van der Waals surface area contributed by atoms with Crippen LogP contribution in [0.4, 0.5) is 0 Å². The summed E-state index contributed by atoms with van der Waals surface area (Å²) in [5.74, 6) is 1.12. The summed E-state index contributed by atoms with van der Waals surface area (Å²) >= 11 is 0. The Kier molecular flexibility index (Phi) is 8.61. The van der Waals surface area contributed by atoms with Crippen LogP contribution in [0.25, 0.3) is 0 Å². The van der Waals surface area contributed by atoms with Crippen LogP contribution < -0.4 is 9.47 Å². The van der Waals surface area contributed by atoms with Crippen molar-refractivity contribution in [3.8, 4) is 11.5 Å². The molecule has 1 fully saturated rings. The Morgan fingerprint density at radius 1 is 1.00 bits per heavy atom. The molecular formula is C28H37N3O4. The summed E-state index contributed by atoms with van der Waals surface area (Å²) in [5.41, 5.74) is 0.977. The van der Waals surface area contributed by atoms with E-state index >= 15 is 0 Å². The molecule has 4 rings (SSSR count). The van der Waals surface area contributed by atoms with E-state index in [-0.39, 0.29) is 24.0 Å². The van der Waals surface area contributed by atoms with Crippen LogP contribution >= 0.6 is 0 Å². The molecule has 2 heterocycles. The van der Waals surface area contributed by atoms with Gasteiger partial charge in [0.2, 0.25) is 0 Å². The molecule has 2 aliphatic rings. The summed E-state index contributed by atoms with van der Waals surface area (Å²) in [5, 5.41) is 0. The van der Waals surface area contributed by atoms with Crippen LogP contribution in [0.2, 0.25) is 0 Å². The first-order valence-electron chi connectivity index (χ1n) is 12.9. The number of para-hydroxylation sites is 1. The summed E-state index contributed by atoms with van der Waals surface area (Å²) in [6.45, 7) is 1.40. The number of amides is 2. The molecule has 0 bridgehead atoms. The van der Waals surface area contributed by atoms with Gasteiger partial charge in [-0.15, -0.1) is 0 Å². The fourth-order valence-electron chi connectivity index (χ4n) is 5.17. The Balaban J connectivity index is 1.67. The van der Waals surface area contributed by atoms with E-state index in [9.17, 15) is 9.59 Å². The number of carbonyl (C=O) groups excluding carboxylic acids is 2. The number of aromatic nitrogens is 1. The number of benzene rings is 1. The van der Waals surface area contributed by atoms with E-state index in [4.69, 9.17) is 9.47 Å². The normalized spacial score (nSPS) is 22.2. The summed E-state index contributed by atoms with van der Waals surface area (Å²) in [6.07, 6.45) is 10.3. The minimum atomic E-state index is -0.178. The van der Waals surface area contributed by atoms with Gasteiger partial charge < -0.3 is 19.3 Å². The Hall–Kier alpha value is -3.09. The molecule has 7 heteroatoms. The maximum absolute atomic E-state index is 13.7. The third-order valence-electron chi connectivity index (χ3n) is 7.15. The fraction of sp³-hybridized carbons (Fsp3) is 0.536. The lowest BCUT2D eigenvalue weighted by molar-refractivity contribution is 0.0266. The number of carbonyl (C=O) groups is 2. The van der Waals surface area contributed by atoms with Gasteiger partial charge in [0.05, 0.1) is 18.7 Å². The minimum absolute atomic E-state index is 0.0173. The maximum Gasteiger partial charge on any atom is 0.272 e. The lowest BCUT2D eigenvalue weighted by Gasteiger charge is -2.40. The van der Waals surface area contributed by atoms with E-state index in [0.717, 1.165) is 64.3 Å². The van der Waals surface area contributed by atoms with Crippen molar-refractivity contribution in [2.75, 3.05) is 27.2 Å². The van der Waals surface area contributed by atoms with E-state index < -0.39 is 0 Å². The molecule has 1 aliphatic carbocycles. The zero-order chi connectivity index (χ0) is 24.6. The Morgan fingerprint density at radius 2 is 1.74 bits per heavy atom. The second-order valence-corrected chi connectivity index (χ2v) is 9.58. The summed E-state index contributed by atoms with van der Waals surface area (Å²) in [7, 11) is 3.46. The maximum atomic E-state index is 13.7. The zero-order valence-electron chi connectivity index (χ0n) is 20.9. The number of rotatable bonds is 2. The SMILES string of the molecule is COc1ccnc(C(=O)N2CCCCCCCN(C)C(=O)c3ccccc3O[C@H]3CCCC[C@H]32)c1. The Bertz CT molecular complexity index is 1010. The second kappa shape index (κ2) is 12.0. The first-order valence-corrected chi connectivity index (χ1v) is 12.9. The molecule has 1 aliphatic heterocycles. The lowest BCUT2D eigenvalue weighted by atomic mass is 9.90. The fourth-order valence-corrected chi connectivity index (χ4v) is 5.17. The molecule has 0 spiro atoms. The van der Waals surface area contributed by atoms with Crippen molar-refractivity contribution in [2.24, 2.45) is 0 Å². The zero-order valence-corrected chi connectivity index (χ0v) is 20.9. The quantitative estimate of drug-likeness (QED) is 0.609. The van der Waals surface area contributed by atoms with Gasteiger partial charge in [0.25, 0.3) is 11.8 Å². The van der Waals surface area contributed by atoms with Gasteiger partial charge >= 0.3 is 0 Å². The van der Waals surface area contributed by atoms with Gasteiger partial charge in [-0.3, -0.25) is 14.6 Å². The monoisotopic (exact) mass is 479 g/mol. The van der Waals surface area contributed by atoms with Crippen molar-refractivity contribution in [1.82, 2.24) is 14.8 Å². The van der Waals surface area contributed by atoms with Gasteiger partial charge in [-0.2, -0.15) is 0 Å². The number of pyridine rings is 1. The molecule has 0 unspecified atom stereocenters. The third kappa shape index (κ3) is 6.13. The van der Waals surface area contributed by atoms with Gasteiger partial charge in [0.15, 0.2) is 0 Å². The van der Waals surface area contributed by atoms with E-state index in [2.05, 4.69) is 4.98 Å². The summed E-state index contributed by atoms with van der Waals surface area (Å²) in [6, 6.07) is 10.9. The average molecular weight is 480 g/mol. The van der Waals surface area contributed by atoms with Gasteiger partial charge in [0, 0.05) is 32.4 Å². The standard InChI is InChI=1S/C28H37N3O4/c1-30-18-10-4-3-5-11-19-31(28(33)23-20-21(34-2)16-17-29-23)24-13-7-9-15-26(24)35-25-14-8-6-12-22(25)27(30)32/h6,8,12,14,16-17,20,24,26H,3-5,7,9-11,13,15,18-19H2,1-2H3/t24-,26+/m1/s1. The molecule has 1 aromatic heterocycles. The van der Waals surface area contributed by atoms with Crippen LogP contribution in [-0.4, -0.2) is 66.0 Å². The van der Waals surface area contributed by atoms with E-state index in [1.807, 2.05) is 36.2 Å². The molecule has 0 saturated heterocycles. The van der Waals surface area contributed by atoms with Crippen molar-refractivity contribution >= 4 is 11.8 Å². The van der Waals surface area contributed by atoms with Gasteiger partial charge in [-0.1, -0.05) is 37.8 Å². The number of hydrogen-bond donors (Lipinski definition) is 0. The highest BCUT2D eigenvalue weighted by molar-refractivity contribution is 5.96. The smallest absolute Gasteiger partial charge is 0.272 e. The average Bonchev–Trinajstić information content (AvgIpc) is 2.90. The van der Waals surface area contributed by atoms with Gasteiger partial charge in [0.1, 0.15) is 23.3 Å². The highest BCUT2D eigenvalue weighted by atomic mass is 16.5. The molecule has 2 atom stereocenters. The van der Waals surface area contributed by atoms with Crippen LogP contribution in [0.15, 0.2) is 42.6 Å². The van der Waals surface area contributed by atoms with Crippen LogP contribution in [0, 0.1) is 0 Å². The number of nitrogens with zero attached hydrogens (tertiary/aromatic N) is 3. The summed E-state index contributed by atoms with van der Waals surface area (Å²) in [4.78, 5) is 35.1. The van der Waals surface area contributed by atoms with E-state index in [0.29, 0.717) is 29.3 Å². The van der Waals surface area contributed by atoms with E-state index in [1.54, 1.807) is 30.3 Å². The first-order chi connectivity index (χ1) is 17.1. The van der Waals surface area contributed by atoms with Crippen molar-refractivity contribution in [2.45, 2.75) is 69.9 Å². The predicted octanol–water partition coefficient (Wildman–Crippen LogP) is 4.96. The predicted molar refractivity (Wildman–Crippen MR) is 135 cm³/mol. The van der Waals surface area contributed by atoms with Crippen molar-refractivity contribution in [3.63, 3.8) is 0 Å². The molecular weight excluding hydrogens is 442 g/mol. The van der Waals surface area contributed by atoms with Crippen LogP contribution in [-0.2, 0) is 0 Å². The minimum Gasteiger partial charge on any atom is -0.497 e. The van der Waals surface area contributed by atoms with Crippen molar-refractivity contribution < 1.29 is 19.1 Å². The molecule has 35 heavy (non-hydrogen) atoms. The van der Waals surface area contributed by atoms with Crippen molar-refractivity contribution in [3.05, 3.63) is 53.9 Å². The highest BCUT2D eigenvalue weighted by Crippen LogP contribution is 2.31. The molecule has 7 nitrogen and oxygen atoms in total. The Morgan fingerprint density at radius 3 is 2.57 bits per heavy atom. The van der Waals surface area contributed by atoms with Crippen LogP contribution in [0.5, 0.6) is 11.5 Å². The second-order valence-electron chi connectivity index (χ2n) is 9.58. The van der Waals surface area contributed by atoms with E-state index in [1.165, 1.54) is 0 Å². The molecule has 2 aromatic rings. The lowest BCUT2D eigenvalue weighted by Crippen LogP contribution is -2.51. The van der Waals surface area contributed by atoms with Crippen molar-refractivity contribution in [1.29, 1.82) is 0 Å². The topological polar surface area (TPSA) is 72.0 Å². The number of methoxy groups -OCH3 is 1. The molecule has 0 radical (unpaired) electrons. The number of fused-ring (bicyclic) bond motifs is 2. The van der Waals surface area contributed by atoms with Crippen LogP contribution in [0.3, 0.4) is 0 Å². The van der Waals surface area contributed by atoms with Gasteiger partial charge in [-0.25, -0.2) is 0 Å².